The Balaban J connectivity index is 2.68. The first-order valence-electron chi connectivity index (χ1n) is 6.79. The molecule has 1 N–H and O–H groups in total. The Morgan fingerprint density at radius 1 is 1.43 bits per heavy atom. The summed E-state index contributed by atoms with van der Waals surface area (Å²) in [6, 6.07) is 5.42. The molecule has 0 aliphatic heterocycles. The first-order valence-corrected chi connectivity index (χ1v) is 7.17. The van der Waals surface area contributed by atoms with Crippen molar-refractivity contribution in [2.24, 2.45) is 0 Å². The average Bonchev–Trinajstić information content (AvgIpc) is 2.43. The number of hydrogen-bond acceptors (Lipinski definition) is 2. The second-order valence-electron chi connectivity index (χ2n) is 5.06. The molecule has 0 unspecified atom stereocenters. The lowest BCUT2D eigenvalue weighted by molar-refractivity contribution is -0.136. The molecule has 23 heavy (non-hydrogen) atoms. The number of carbonyl (C=O) groups is 1. The van der Waals surface area contributed by atoms with Crippen LogP contribution in [0, 0.1) is 6.92 Å². The lowest BCUT2D eigenvalue weighted by atomic mass is 10.1. The maximum atomic E-state index is 12.4. The zero-order valence-electron chi connectivity index (χ0n) is 12.9. The molecule has 0 heterocycles. The predicted octanol–water partition coefficient (Wildman–Crippen LogP) is 4.18. The van der Waals surface area contributed by atoms with Crippen molar-refractivity contribution in [1.29, 1.82) is 0 Å². The van der Waals surface area contributed by atoms with Gasteiger partial charge in [0.25, 0.3) is 0 Å². The molecule has 0 aliphatic carbocycles. The topological polar surface area (TPSA) is 32.3 Å². The van der Waals surface area contributed by atoms with Gasteiger partial charge in [0, 0.05) is 23.3 Å². The fourth-order valence-corrected chi connectivity index (χ4v) is 2.09. The van der Waals surface area contributed by atoms with Crippen LogP contribution in [0.2, 0.25) is 5.02 Å². The first kappa shape index (κ1) is 19.1. The van der Waals surface area contributed by atoms with E-state index in [1.54, 1.807) is 12.1 Å². The lowest BCUT2D eigenvalue weighted by Crippen LogP contribution is -2.29. The highest BCUT2D eigenvalue weighted by Crippen LogP contribution is 2.18. The van der Waals surface area contributed by atoms with Gasteiger partial charge in [-0.1, -0.05) is 30.3 Å². The van der Waals surface area contributed by atoms with E-state index in [1.807, 2.05) is 13.0 Å². The van der Waals surface area contributed by atoms with E-state index in [9.17, 15) is 18.0 Å². The summed E-state index contributed by atoms with van der Waals surface area (Å²) in [6.07, 6.45) is -2.26. The van der Waals surface area contributed by atoms with E-state index >= 15 is 0 Å². The molecule has 0 bridgehead atoms. The zero-order valence-corrected chi connectivity index (χ0v) is 13.6. The van der Waals surface area contributed by atoms with Gasteiger partial charge in [-0.15, -0.1) is 0 Å². The third-order valence-electron chi connectivity index (χ3n) is 2.96. The van der Waals surface area contributed by atoms with Gasteiger partial charge >= 0.3 is 6.18 Å². The highest BCUT2D eigenvalue weighted by molar-refractivity contribution is 6.31. The summed E-state index contributed by atoms with van der Waals surface area (Å²) in [5.41, 5.74) is 1.86. The summed E-state index contributed by atoms with van der Waals surface area (Å²) in [6.45, 7) is 5.61. The van der Waals surface area contributed by atoms with Crippen LogP contribution in [0.1, 0.15) is 18.1 Å². The number of amides is 1. The monoisotopic (exact) mass is 346 g/mol. The third-order valence-corrected chi connectivity index (χ3v) is 3.31. The van der Waals surface area contributed by atoms with Crippen molar-refractivity contribution in [3.8, 4) is 0 Å². The molecule has 1 aromatic rings. The molecule has 0 saturated heterocycles. The summed E-state index contributed by atoms with van der Waals surface area (Å²) < 4.78 is 37.1. The average molecular weight is 347 g/mol. The highest BCUT2D eigenvalue weighted by Gasteiger charge is 2.29. The molecule has 0 aromatic heterocycles. The number of carbonyl (C=O) groups excluding carboxylic acids is 1. The largest absolute Gasteiger partial charge is 0.406 e. The molecule has 1 aromatic carbocycles. The predicted molar refractivity (Wildman–Crippen MR) is 84.8 cm³/mol. The summed E-state index contributed by atoms with van der Waals surface area (Å²) in [5.74, 6) is -0.476. The molecule has 0 radical (unpaired) electrons. The van der Waals surface area contributed by atoms with Crippen molar-refractivity contribution in [2.75, 3.05) is 6.54 Å². The van der Waals surface area contributed by atoms with Crippen molar-refractivity contribution < 1.29 is 18.0 Å². The number of nitrogens with one attached hydrogen (secondary N) is 1. The van der Waals surface area contributed by atoms with Gasteiger partial charge in [0.2, 0.25) is 5.91 Å². The summed E-state index contributed by atoms with van der Waals surface area (Å²) in [4.78, 5) is 12.8. The molecule has 0 spiro atoms. The Bertz CT molecular complexity index is 612. The quantitative estimate of drug-likeness (QED) is 0.784. The Kier molecular flexibility index (Phi) is 6.69. The maximum Gasteiger partial charge on any atom is 0.406 e. The minimum atomic E-state index is -4.38. The third kappa shape index (κ3) is 6.78. The van der Waals surface area contributed by atoms with E-state index in [0.717, 1.165) is 28.4 Å². The number of rotatable bonds is 6. The second-order valence-corrected chi connectivity index (χ2v) is 5.47. The summed E-state index contributed by atoms with van der Waals surface area (Å²) >= 11 is 6.06. The summed E-state index contributed by atoms with van der Waals surface area (Å²) in [7, 11) is 0. The molecular weight excluding hydrogens is 329 g/mol. The van der Waals surface area contributed by atoms with E-state index < -0.39 is 18.6 Å². The zero-order chi connectivity index (χ0) is 17.6. The molecule has 1 amide bonds. The maximum absolute atomic E-state index is 12.4. The minimum absolute atomic E-state index is 0.136. The normalized spacial score (nSPS) is 12.0. The van der Waals surface area contributed by atoms with Crippen molar-refractivity contribution >= 4 is 17.5 Å². The van der Waals surface area contributed by atoms with Crippen molar-refractivity contribution in [3.63, 3.8) is 0 Å². The molecule has 126 valence electrons. The molecule has 3 nitrogen and oxygen atoms in total. The molecule has 0 atom stereocenters. The van der Waals surface area contributed by atoms with Crippen LogP contribution in [0.3, 0.4) is 0 Å². The van der Waals surface area contributed by atoms with Crippen molar-refractivity contribution in [2.45, 2.75) is 26.6 Å². The molecule has 1 rings (SSSR count). The SMILES string of the molecule is C=CN(/C=C(\C)C(=O)NCc1ccc(C)cc1Cl)CC(F)(F)F. The van der Waals surface area contributed by atoms with E-state index in [-0.39, 0.29) is 12.1 Å². The van der Waals surface area contributed by atoms with Crippen LogP contribution in [-0.4, -0.2) is 23.5 Å². The number of halogens is 4. The standard InChI is InChI=1S/C16H18ClF3N2O/c1-4-22(10-16(18,19)20)9-12(3)15(23)21-8-13-6-5-11(2)7-14(13)17/h4-7,9H,1,8,10H2,2-3H3,(H,21,23)/b12-9+. The van der Waals surface area contributed by atoms with Gasteiger partial charge in [0.15, 0.2) is 0 Å². The summed E-state index contributed by atoms with van der Waals surface area (Å²) in [5, 5.41) is 3.14. The van der Waals surface area contributed by atoms with E-state index in [2.05, 4.69) is 11.9 Å². The Hall–Kier alpha value is -1.95. The fourth-order valence-electron chi connectivity index (χ4n) is 1.79. The van der Waals surface area contributed by atoms with Gasteiger partial charge < -0.3 is 10.2 Å². The van der Waals surface area contributed by atoms with Gasteiger partial charge in [-0.2, -0.15) is 13.2 Å². The van der Waals surface area contributed by atoms with Gasteiger partial charge in [-0.05, 0) is 37.2 Å². The smallest absolute Gasteiger partial charge is 0.348 e. The van der Waals surface area contributed by atoms with Crippen molar-refractivity contribution in [3.05, 3.63) is 58.9 Å². The fraction of sp³-hybridized carbons (Fsp3) is 0.312. The Morgan fingerprint density at radius 2 is 2.09 bits per heavy atom. The van der Waals surface area contributed by atoms with E-state index in [0.29, 0.717) is 5.02 Å². The highest BCUT2D eigenvalue weighted by atomic mass is 35.5. The van der Waals surface area contributed by atoms with Gasteiger partial charge in [-0.3, -0.25) is 4.79 Å². The number of hydrogen-bond donors (Lipinski definition) is 1. The van der Waals surface area contributed by atoms with Crippen molar-refractivity contribution in [1.82, 2.24) is 10.2 Å². The van der Waals surface area contributed by atoms with Crippen LogP contribution in [0.4, 0.5) is 13.2 Å². The van der Waals surface area contributed by atoms with Crippen LogP contribution < -0.4 is 5.32 Å². The number of aryl methyl sites for hydroxylation is 1. The molecule has 7 heteroatoms. The number of benzene rings is 1. The van der Waals surface area contributed by atoms with E-state index in [4.69, 9.17) is 11.6 Å². The molecule has 0 saturated carbocycles. The molecular formula is C16H18ClF3N2O. The van der Waals surface area contributed by atoms with Crippen LogP contribution >= 0.6 is 11.6 Å². The van der Waals surface area contributed by atoms with Crippen LogP contribution in [0.5, 0.6) is 0 Å². The Labute approximate surface area is 138 Å². The van der Waals surface area contributed by atoms with Gasteiger partial charge in [0.05, 0.1) is 0 Å². The molecule has 0 fully saturated rings. The van der Waals surface area contributed by atoms with E-state index in [1.165, 1.54) is 6.92 Å². The number of alkyl halides is 3. The lowest BCUT2D eigenvalue weighted by Gasteiger charge is -2.18. The van der Waals surface area contributed by atoms with Gasteiger partial charge in [-0.25, -0.2) is 0 Å². The Morgan fingerprint density at radius 3 is 2.61 bits per heavy atom. The first-order chi connectivity index (χ1) is 10.6. The van der Waals surface area contributed by atoms with Crippen LogP contribution in [-0.2, 0) is 11.3 Å². The van der Waals surface area contributed by atoms with Crippen LogP contribution in [0.25, 0.3) is 0 Å². The second kappa shape index (κ2) is 8.06. The van der Waals surface area contributed by atoms with Crippen LogP contribution in [0.15, 0.2) is 42.8 Å². The molecule has 0 aliphatic rings. The van der Waals surface area contributed by atoms with Gasteiger partial charge in [0.1, 0.15) is 6.54 Å². The number of nitrogens with zero attached hydrogens (tertiary/aromatic N) is 1. The minimum Gasteiger partial charge on any atom is -0.348 e.